The highest BCUT2D eigenvalue weighted by Crippen LogP contribution is 2.57. The summed E-state index contributed by atoms with van der Waals surface area (Å²) in [6.45, 7) is 2.21. The van der Waals surface area contributed by atoms with E-state index in [1.165, 1.54) is 29.3 Å². The molecule has 3 atom stereocenters. The van der Waals surface area contributed by atoms with Crippen molar-refractivity contribution in [3.8, 4) is 12.3 Å². The molecular weight excluding hydrogens is 330 g/mol. The van der Waals surface area contributed by atoms with Crippen molar-refractivity contribution in [2.45, 2.75) is 64.7 Å². The van der Waals surface area contributed by atoms with Crippen LogP contribution in [0.5, 0.6) is 0 Å². The Morgan fingerprint density at radius 2 is 2.22 bits per heavy atom. The van der Waals surface area contributed by atoms with Gasteiger partial charge in [0.05, 0.1) is 0 Å². The second-order valence-corrected chi connectivity index (χ2v) is 8.83. The van der Waals surface area contributed by atoms with Crippen molar-refractivity contribution >= 4 is 16.7 Å². The van der Waals surface area contributed by atoms with E-state index in [2.05, 4.69) is 42.1 Å². The molecule has 0 aliphatic heterocycles. The van der Waals surface area contributed by atoms with Gasteiger partial charge >= 0.3 is 0 Å². The molecule has 4 rings (SSSR count). The molecule has 1 aromatic carbocycles. The van der Waals surface area contributed by atoms with Crippen LogP contribution in [-0.2, 0) is 11.2 Å². The Balaban J connectivity index is 1.40. The molecule has 1 unspecified atom stereocenters. The first-order valence-electron chi connectivity index (χ1n) is 10.7. The van der Waals surface area contributed by atoms with Crippen LogP contribution < -0.4 is 0 Å². The van der Waals surface area contributed by atoms with Gasteiger partial charge in [-0.2, -0.15) is 0 Å². The molecule has 2 heteroatoms. The average Bonchev–Trinajstić information content (AvgIpc) is 3.59. The molecule has 2 saturated carbocycles. The maximum Gasteiger partial charge on any atom is 0.136 e. The van der Waals surface area contributed by atoms with Crippen LogP contribution in [0.15, 0.2) is 30.5 Å². The fourth-order valence-corrected chi connectivity index (χ4v) is 5.06. The van der Waals surface area contributed by atoms with Gasteiger partial charge in [0.2, 0.25) is 0 Å². The molecule has 2 fully saturated rings. The largest absolute Gasteiger partial charge is 0.361 e. The zero-order chi connectivity index (χ0) is 18.9. The number of terminal acetylenes is 1. The third-order valence-corrected chi connectivity index (χ3v) is 7.07. The Morgan fingerprint density at radius 1 is 1.37 bits per heavy atom. The number of aromatic amines is 1. The van der Waals surface area contributed by atoms with Gasteiger partial charge in [0, 0.05) is 35.4 Å². The normalized spacial score (nSPS) is 23.7. The smallest absolute Gasteiger partial charge is 0.136 e. The number of fused-ring (bicyclic) bond motifs is 1. The van der Waals surface area contributed by atoms with Gasteiger partial charge in [-0.3, -0.25) is 4.79 Å². The Hall–Kier alpha value is -2.01. The van der Waals surface area contributed by atoms with Crippen LogP contribution in [-0.4, -0.2) is 10.8 Å². The summed E-state index contributed by atoms with van der Waals surface area (Å²) in [6, 6.07) is 8.70. The third-order valence-electron chi connectivity index (χ3n) is 7.07. The molecule has 142 valence electrons. The van der Waals surface area contributed by atoms with E-state index < -0.39 is 0 Å². The van der Waals surface area contributed by atoms with Crippen LogP contribution >= 0.6 is 0 Å². The zero-order valence-electron chi connectivity index (χ0n) is 16.5. The molecule has 27 heavy (non-hydrogen) atoms. The van der Waals surface area contributed by atoms with E-state index in [1.807, 2.05) is 6.20 Å². The van der Waals surface area contributed by atoms with Gasteiger partial charge in [-0.05, 0) is 74.0 Å². The molecule has 1 aromatic heterocycles. The van der Waals surface area contributed by atoms with Crippen molar-refractivity contribution in [1.29, 1.82) is 0 Å². The molecule has 2 aromatic rings. The Bertz CT molecular complexity index is 851. The van der Waals surface area contributed by atoms with Crippen LogP contribution in [0.1, 0.15) is 63.9 Å². The highest BCUT2D eigenvalue weighted by atomic mass is 16.1. The first-order valence-corrected chi connectivity index (χ1v) is 10.7. The SMILES string of the molecule is C#C[C@@H]1C[C@H]1CCC(=O)C(CCC)C1(CCc2cccc3[nH]ccc23)CC1. The molecular formula is C25H31NO. The lowest BCUT2D eigenvalue weighted by Gasteiger charge is -2.26. The number of hydrogen-bond acceptors (Lipinski definition) is 1. The molecule has 0 saturated heterocycles. The quantitative estimate of drug-likeness (QED) is 0.524. The van der Waals surface area contributed by atoms with Crippen molar-refractivity contribution in [1.82, 2.24) is 4.98 Å². The Kier molecular flexibility index (Phi) is 5.13. The third kappa shape index (κ3) is 3.84. The Labute approximate surface area is 163 Å². The van der Waals surface area contributed by atoms with E-state index in [0.29, 0.717) is 17.6 Å². The summed E-state index contributed by atoms with van der Waals surface area (Å²) in [4.78, 5) is 16.4. The number of carbonyl (C=O) groups is 1. The van der Waals surface area contributed by atoms with Gasteiger partial charge in [0.15, 0.2) is 0 Å². The van der Waals surface area contributed by atoms with Crippen molar-refractivity contribution in [3.05, 3.63) is 36.0 Å². The van der Waals surface area contributed by atoms with E-state index >= 15 is 0 Å². The summed E-state index contributed by atoms with van der Waals surface area (Å²) < 4.78 is 0. The summed E-state index contributed by atoms with van der Waals surface area (Å²) in [6.07, 6.45) is 17.2. The summed E-state index contributed by atoms with van der Waals surface area (Å²) >= 11 is 0. The second kappa shape index (κ2) is 7.55. The molecule has 2 aliphatic carbocycles. The number of benzene rings is 1. The molecule has 0 spiro atoms. The molecule has 0 radical (unpaired) electrons. The highest BCUT2D eigenvalue weighted by Gasteiger charge is 2.50. The van der Waals surface area contributed by atoms with Gasteiger partial charge in [-0.1, -0.05) is 25.5 Å². The maximum atomic E-state index is 13.1. The van der Waals surface area contributed by atoms with Crippen LogP contribution in [0.2, 0.25) is 0 Å². The summed E-state index contributed by atoms with van der Waals surface area (Å²) in [7, 11) is 0. The van der Waals surface area contributed by atoms with Crippen LogP contribution in [0.3, 0.4) is 0 Å². The van der Waals surface area contributed by atoms with Crippen molar-refractivity contribution in [2.75, 3.05) is 0 Å². The van der Waals surface area contributed by atoms with Gasteiger partial charge in [-0.25, -0.2) is 0 Å². The first-order chi connectivity index (χ1) is 13.2. The number of rotatable bonds is 10. The fraction of sp³-hybridized carbons (Fsp3) is 0.560. The number of carbonyl (C=O) groups excluding carboxylic acids is 1. The van der Waals surface area contributed by atoms with Gasteiger partial charge in [0.25, 0.3) is 0 Å². The van der Waals surface area contributed by atoms with Gasteiger partial charge in [0.1, 0.15) is 5.78 Å². The van der Waals surface area contributed by atoms with E-state index in [4.69, 9.17) is 6.42 Å². The van der Waals surface area contributed by atoms with Gasteiger partial charge < -0.3 is 4.98 Å². The Morgan fingerprint density at radius 3 is 2.93 bits per heavy atom. The van der Waals surface area contributed by atoms with Crippen LogP contribution in [0.4, 0.5) is 0 Å². The minimum Gasteiger partial charge on any atom is -0.361 e. The molecule has 1 N–H and O–H groups in total. The topological polar surface area (TPSA) is 32.9 Å². The molecule has 0 bridgehead atoms. The summed E-state index contributed by atoms with van der Waals surface area (Å²) in [5.74, 6) is 4.67. The second-order valence-electron chi connectivity index (χ2n) is 8.83. The molecule has 2 aliphatic rings. The molecule has 2 nitrogen and oxygen atoms in total. The number of nitrogens with one attached hydrogen (secondary N) is 1. The van der Waals surface area contributed by atoms with E-state index in [9.17, 15) is 4.79 Å². The minimum absolute atomic E-state index is 0.260. The number of hydrogen-bond donors (Lipinski definition) is 1. The number of H-pyrrole nitrogens is 1. The van der Waals surface area contributed by atoms with Gasteiger partial charge in [-0.15, -0.1) is 12.3 Å². The lowest BCUT2D eigenvalue weighted by Crippen LogP contribution is -2.26. The van der Waals surface area contributed by atoms with Crippen LogP contribution in [0.25, 0.3) is 10.9 Å². The highest BCUT2D eigenvalue weighted by molar-refractivity contribution is 5.83. The van der Waals surface area contributed by atoms with E-state index in [0.717, 1.165) is 44.9 Å². The standard InChI is InChI=1S/C25H31NO/c1-3-6-22(24(27)10-9-20-17-18(20)4-2)25(14-15-25)13-11-19-7-5-8-23-21(19)12-16-26-23/h2,5,7-8,12,16,18,20,22,26H,3,6,9-11,13-15,17H2,1H3/t18-,20-,22?/m1/s1. The number of Topliss-reactive ketones (excluding diaryl/α,β-unsaturated/α-hetero) is 1. The predicted octanol–water partition coefficient (Wildman–Crippen LogP) is 5.92. The summed E-state index contributed by atoms with van der Waals surface area (Å²) in [5, 5.41) is 1.33. The maximum absolute atomic E-state index is 13.1. The summed E-state index contributed by atoms with van der Waals surface area (Å²) in [5.41, 5.74) is 2.89. The van der Waals surface area contributed by atoms with Crippen molar-refractivity contribution < 1.29 is 4.79 Å². The van der Waals surface area contributed by atoms with Crippen LogP contribution in [0, 0.1) is 35.5 Å². The molecule has 0 amide bonds. The number of aromatic nitrogens is 1. The first kappa shape index (κ1) is 18.4. The van der Waals surface area contributed by atoms with Crippen molar-refractivity contribution in [3.63, 3.8) is 0 Å². The van der Waals surface area contributed by atoms with E-state index in [1.54, 1.807) is 0 Å². The van der Waals surface area contributed by atoms with Crippen molar-refractivity contribution in [2.24, 2.45) is 23.2 Å². The molecule has 1 heterocycles. The monoisotopic (exact) mass is 361 g/mol. The predicted molar refractivity (Wildman–Crippen MR) is 111 cm³/mol. The van der Waals surface area contributed by atoms with E-state index in [-0.39, 0.29) is 11.3 Å². The fourth-order valence-electron chi connectivity index (χ4n) is 5.06. The average molecular weight is 362 g/mol. The zero-order valence-corrected chi connectivity index (χ0v) is 16.5. The number of ketones is 1. The number of aryl methyl sites for hydroxylation is 1. The lowest BCUT2D eigenvalue weighted by molar-refractivity contribution is -0.125. The minimum atomic E-state index is 0.260. The lowest BCUT2D eigenvalue weighted by atomic mass is 9.77.